The van der Waals surface area contributed by atoms with Crippen molar-refractivity contribution in [1.29, 1.82) is 0 Å². The van der Waals surface area contributed by atoms with E-state index >= 15 is 0 Å². The molecule has 1 fully saturated rings. The van der Waals surface area contributed by atoms with E-state index in [1.54, 1.807) is 5.56 Å². The van der Waals surface area contributed by atoms with E-state index in [1.807, 2.05) is 0 Å². The third-order valence-electron chi connectivity index (χ3n) is 5.34. The highest BCUT2D eigenvalue weighted by molar-refractivity contribution is 9.09. The zero-order valence-electron chi connectivity index (χ0n) is 13.7. The van der Waals surface area contributed by atoms with Gasteiger partial charge in [0.15, 0.2) is 0 Å². The number of hydrogen-bond donors (Lipinski definition) is 0. The average molecular weight is 351 g/mol. The Morgan fingerprint density at radius 2 is 1.90 bits per heavy atom. The number of hydrogen-bond acceptors (Lipinski definition) is 0. The summed E-state index contributed by atoms with van der Waals surface area (Å²) in [7, 11) is 0. The van der Waals surface area contributed by atoms with Crippen molar-refractivity contribution in [2.24, 2.45) is 11.8 Å². The second-order valence-corrected chi connectivity index (χ2v) is 8.03. The summed E-state index contributed by atoms with van der Waals surface area (Å²) in [4.78, 5) is 0.744. The van der Waals surface area contributed by atoms with Crippen molar-refractivity contribution in [3.8, 4) is 0 Å². The molecule has 1 aromatic carbocycles. The first-order valence-electron chi connectivity index (χ1n) is 8.93. The molecule has 1 saturated carbocycles. The molecule has 4 atom stereocenters. The summed E-state index contributed by atoms with van der Waals surface area (Å²) in [6.45, 7) is 4.69. The van der Waals surface area contributed by atoms with Gasteiger partial charge in [0, 0.05) is 4.83 Å². The van der Waals surface area contributed by atoms with Gasteiger partial charge in [-0.05, 0) is 49.0 Å². The minimum Gasteiger partial charge on any atom is -0.0888 e. The summed E-state index contributed by atoms with van der Waals surface area (Å²) in [5, 5.41) is 0. The Morgan fingerprint density at radius 3 is 2.57 bits per heavy atom. The molecule has 1 heteroatoms. The molecule has 0 N–H and O–H groups in total. The zero-order valence-corrected chi connectivity index (χ0v) is 15.3. The Bertz CT molecular complexity index is 386. The smallest absolute Gasteiger partial charge is 0.0174 e. The van der Waals surface area contributed by atoms with Crippen LogP contribution in [0.4, 0.5) is 0 Å². The lowest BCUT2D eigenvalue weighted by Crippen LogP contribution is -2.26. The fourth-order valence-corrected chi connectivity index (χ4v) is 4.60. The monoisotopic (exact) mass is 350 g/mol. The van der Waals surface area contributed by atoms with Crippen LogP contribution in [0.2, 0.25) is 0 Å². The van der Waals surface area contributed by atoms with Gasteiger partial charge in [-0.1, -0.05) is 85.8 Å². The SMILES string of the molecule is CCCCC(CC)CC1CC(c2ccccc2)CCC1Br. The third kappa shape index (κ3) is 5.13. The molecule has 1 aliphatic rings. The van der Waals surface area contributed by atoms with Crippen LogP contribution in [-0.2, 0) is 0 Å². The molecule has 0 spiro atoms. The minimum atomic E-state index is 0.744. The maximum atomic E-state index is 3.98. The van der Waals surface area contributed by atoms with Crippen molar-refractivity contribution < 1.29 is 0 Å². The topological polar surface area (TPSA) is 0 Å². The lowest BCUT2D eigenvalue weighted by Gasteiger charge is -2.35. The van der Waals surface area contributed by atoms with Gasteiger partial charge in [0.25, 0.3) is 0 Å². The van der Waals surface area contributed by atoms with E-state index in [-0.39, 0.29) is 0 Å². The summed E-state index contributed by atoms with van der Waals surface area (Å²) >= 11 is 3.98. The molecule has 1 aliphatic carbocycles. The minimum absolute atomic E-state index is 0.744. The third-order valence-corrected chi connectivity index (χ3v) is 6.55. The Balaban J connectivity index is 1.94. The molecule has 0 bridgehead atoms. The molecule has 0 heterocycles. The number of unbranched alkanes of at least 4 members (excludes halogenated alkanes) is 1. The summed E-state index contributed by atoms with van der Waals surface area (Å²) in [5.41, 5.74) is 1.56. The predicted octanol–water partition coefficient (Wildman–Crippen LogP) is 6.94. The number of alkyl halides is 1. The Hall–Kier alpha value is -0.300. The molecule has 21 heavy (non-hydrogen) atoms. The molecular formula is C20H31Br. The quantitative estimate of drug-likeness (QED) is 0.467. The summed E-state index contributed by atoms with van der Waals surface area (Å²) in [6, 6.07) is 11.2. The van der Waals surface area contributed by atoms with Gasteiger partial charge in [-0.25, -0.2) is 0 Å². The molecular weight excluding hydrogens is 320 g/mol. The molecule has 0 amide bonds. The highest BCUT2D eigenvalue weighted by Gasteiger charge is 2.30. The largest absolute Gasteiger partial charge is 0.0888 e. The second kappa shape index (κ2) is 8.98. The van der Waals surface area contributed by atoms with Crippen LogP contribution in [0.1, 0.15) is 76.7 Å². The fraction of sp³-hybridized carbons (Fsp3) is 0.700. The van der Waals surface area contributed by atoms with E-state index in [0.29, 0.717) is 0 Å². The summed E-state index contributed by atoms with van der Waals surface area (Å²) in [6.07, 6.45) is 11.0. The van der Waals surface area contributed by atoms with Crippen LogP contribution < -0.4 is 0 Å². The normalized spacial score (nSPS) is 27.5. The summed E-state index contributed by atoms with van der Waals surface area (Å²) in [5.74, 6) is 2.59. The molecule has 0 nitrogen and oxygen atoms in total. The van der Waals surface area contributed by atoms with Crippen LogP contribution in [-0.4, -0.2) is 4.83 Å². The van der Waals surface area contributed by atoms with Crippen molar-refractivity contribution in [2.75, 3.05) is 0 Å². The van der Waals surface area contributed by atoms with Gasteiger partial charge in [0.2, 0.25) is 0 Å². The predicted molar refractivity (Wildman–Crippen MR) is 97.2 cm³/mol. The molecule has 4 unspecified atom stereocenters. The number of halogens is 1. The van der Waals surface area contributed by atoms with Crippen molar-refractivity contribution in [3.05, 3.63) is 35.9 Å². The molecule has 118 valence electrons. The van der Waals surface area contributed by atoms with Gasteiger partial charge in [-0.2, -0.15) is 0 Å². The maximum Gasteiger partial charge on any atom is 0.0174 e. The standard InChI is InChI=1S/C20H31Br/c1-3-5-9-16(4-2)14-19-15-18(12-13-20(19)21)17-10-7-6-8-11-17/h6-8,10-11,16,18-20H,3-5,9,12-15H2,1-2H3. The molecule has 0 aromatic heterocycles. The molecule has 0 radical (unpaired) electrons. The first-order chi connectivity index (χ1) is 10.2. The van der Waals surface area contributed by atoms with Gasteiger partial charge in [-0.3, -0.25) is 0 Å². The van der Waals surface area contributed by atoms with Crippen molar-refractivity contribution >= 4 is 15.9 Å². The Morgan fingerprint density at radius 1 is 1.14 bits per heavy atom. The van der Waals surface area contributed by atoms with Gasteiger partial charge < -0.3 is 0 Å². The van der Waals surface area contributed by atoms with Gasteiger partial charge in [0.05, 0.1) is 0 Å². The van der Waals surface area contributed by atoms with Crippen molar-refractivity contribution in [3.63, 3.8) is 0 Å². The van der Waals surface area contributed by atoms with Crippen molar-refractivity contribution in [2.45, 2.75) is 76.0 Å². The van der Waals surface area contributed by atoms with E-state index in [4.69, 9.17) is 0 Å². The zero-order chi connectivity index (χ0) is 15.1. The Labute approximate surface area is 139 Å². The van der Waals surface area contributed by atoms with E-state index in [1.165, 1.54) is 51.4 Å². The fourth-order valence-electron chi connectivity index (χ4n) is 3.91. The lowest BCUT2D eigenvalue weighted by molar-refractivity contribution is 0.262. The first kappa shape index (κ1) is 17.1. The van der Waals surface area contributed by atoms with Crippen molar-refractivity contribution in [1.82, 2.24) is 0 Å². The average Bonchev–Trinajstić information content (AvgIpc) is 2.54. The van der Waals surface area contributed by atoms with E-state index < -0.39 is 0 Å². The highest BCUT2D eigenvalue weighted by Crippen LogP contribution is 2.42. The molecule has 0 saturated heterocycles. The van der Waals surface area contributed by atoms with E-state index in [0.717, 1.165) is 22.6 Å². The van der Waals surface area contributed by atoms with Crippen LogP contribution in [0.25, 0.3) is 0 Å². The maximum absolute atomic E-state index is 3.98. The van der Waals surface area contributed by atoms with Crippen LogP contribution >= 0.6 is 15.9 Å². The molecule has 0 aliphatic heterocycles. The van der Waals surface area contributed by atoms with Crippen LogP contribution in [0.5, 0.6) is 0 Å². The number of benzene rings is 1. The molecule has 2 rings (SSSR count). The van der Waals surface area contributed by atoms with E-state index in [9.17, 15) is 0 Å². The number of rotatable bonds is 7. The first-order valence-corrected chi connectivity index (χ1v) is 9.85. The van der Waals surface area contributed by atoms with Gasteiger partial charge in [0.1, 0.15) is 0 Å². The lowest BCUT2D eigenvalue weighted by atomic mass is 9.74. The van der Waals surface area contributed by atoms with Gasteiger partial charge >= 0.3 is 0 Å². The van der Waals surface area contributed by atoms with Crippen LogP contribution in [0, 0.1) is 11.8 Å². The van der Waals surface area contributed by atoms with Gasteiger partial charge in [-0.15, -0.1) is 0 Å². The Kier molecular flexibility index (Phi) is 7.29. The molecule has 1 aromatic rings. The van der Waals surface area contributed by atoms with Crippen LogP contribution in [0.3, 0.4) is 0 Å². The second-order valence-electron chi connectivity index (χ2n) is 6.85. The van der Waals surface area contributed by atoms with Crippen LogP contribution in [0.15, 0.2) is 30.3 Å². The highest BCUT2D eigenvalue weighted by atomic mass is 79.9. The summed E-state index contributed by atoms with van der Waals surface area (Å²) < 4.78 is 0. The van der Waals surface area contributed by atoms with E-state index in [2.05, 4.69) is 60.1 Å².